The van der Waals surface area contributed by atoms with E-state index in [-0.39, 0.29) is 18.4 Å². The van der Waals surface area contributed by atoms with Crippen molar-refractivity contribution in [2.24, 2.45) is 5.92 Å². The van der Waals surface area contributed by atoms with Crippen molar-refractivity contribution in [3.63, 3.8) is 0 Å². The molecule has 9 nitrogen and oxygen atoms in total. The van der Waals surface area contributed by atoms with Crippen LogP contribution in [0.2, 0.25) is 0 Å². The standard InChI is InChI=1S/C26H27N5O4/c32-25(28-13-18-5-3-4-11-27-18)24-19-15-30(12-10-20(19)31(29-24)14-17-8-9-17)26(33)23-16-34-21-6-1-2-7-22(21)35-23/h1-7,11,17,23H,8-10,12-16H2,(H,28,32)/t23-/m0/s1. The van der Waals surface area contributed by atoms with Gasteiger partial charge in [-0.1, -0.05) is 18.2 Å². The SMILES string of the molecule is O=C(NCc1ccccn1)c1nn(CC2CC2)c2c1CN(C(=O)[C@@H]1COc3ccccc3O1)CC2. The van der Waals surface area contributed by atoms with E-state index in [4.69, 9.17) is 14.6 Å². The number of ether oxygens (including phenoxy) is 2. The first-order chi connectivity index (χ1) is 17.2. The van der Waals surface area contributed by atoms with E-state index in [2.05, 4.69) is 10.3 Å². The van der Waals surface area contributed by atoms with E-state index in [0.717, 1.165) is 23.5 Å². The van der Waals surface area contributed by atoms with Gasteiger partial charge in [-0.05, 0) is 43.0 Å². The fraction of sp³-hybridized carbons (Fsp3) is 0.385. The van der Waals surface area contributed by atoms with Gasteiger partial charge in [-0.3, -0.25) is 19.3 Å². The molecule has 2 aromatic heterocycles. The van der Waals surface area contributed by atoms with Crippen molar-refractivity contribution in [3.05, 3.63) is 71.3 Å². The van der Waals surface area contributed by atoms with Gasteiger partial charge in [0, 0.05) is 43.5 Å². The lowest BCUT2D eigenvalue weighted by molar-refractivity contribution is -0.142. The van der Waals surface area contributed by atoms with E-state index in [9.17, 15) is 9.59 Å². The molecule has 1 fully saturated rings. The summed E-state index contributed by atoms with van der Waals surface area (Å²) in [5, 5.41) is 7.65. The lowest BCUT2D eigenvalue weighted by Crippen LogP contribution is -2.48. The van der Waals surface area contributed by atoms with Crippen LogP contribution in [0.4, 0.5) is 0 Å². The van der Waals surface area contributed by atoms with Crippen LogP contribution in [-0.4, -0.2) is 50.7 Å². The summed E-state index contributed by atoms with van der Waals surface area (Å²) in [6, 6.07) is 12.9. The molecule has 0 radical (unpaired) electrons. The van der Waals surface area contributed by atoms with E-state index in [1.807, 2.05) is 41.1 Å². The Kier molecular flexibility index (Phi) is 5.60. The van der Waals surface area contributed by atoms with E-state index >= 15 is 0 Å². The van der Waals surface area contributed by atoms with Crippen molar-refractivity contribution in [2.45, 2.75) is 45.0 Å². The summed E-state index contributed by atoms with van der Waals surface area (Å²) in [4.78, 5) is 32.5. The second-order valence-corrected chi connectivity index (χ2v) is 9.28. The first-order valence-corrected chi connectivity index (χ1v) is 12.1. The normalized spacial score (nSPS) is 18.6. The van der Waals surface area contributed by atoms with E-state index in [1.54, 1.807) is 17.2 Å². The predicted octanol–water partition coefficient (Wildman–Crippen LogP) is 2.34. The smallest absolute Gasteiger partial charge is 0.272 e. The van der Waals surface area contributed by atoms with Crippen LogP contribution >= 0.6 is 0 Å². The van der Waals surface area contributed by atoms with E-state index < -0.39 is 6.10 Å². The van der Waals surface area contributed by atoms with Crippen molar-refractivity contribution < 1.29 is 19.1 Å². The fourth-order valence-corrected chi connectivity index (χ4v) is 4.66. The van der Waals surface area contributed by atoms with Crippen LogP contribution in [0.3, 0.4) is 0 Å². The molecule has 1 aliphatic carbocycles. The van der Waals surface area contributed by atoms with Crippen LogP contribution in [-0.2, 0) is 30.8 Å². The van der Waals surface area contributed by atoms with Crippen molar-refractivity contribution in [2.75, 3.05) is 13.2 Å². The fourth-order valence-electron chi connectivity index (χ4n) is 4.66. The van der Waals surface area contributed by atoms with Gasteiger partial charge in [0.25, 0.3) is 11.8 Å². The summed E-state index contributed by atoms with van der Waals surface area (Å²) >= 11 is 0. The van der Waals surface area contributed by atoms with Crippen LogP contribution in [0.5, 0.6) is 11.5 Å². The maximum absolute atomic E-state index is 13.3. The molecule has 3 aromatic rings. The Balaban J connectivity index is 1.21. The molecule has 2 aliphatic heterocycles. The average Bonchev–Trinajstić information content (AvgIpc) is 3.66. The van der Waals surface area contributed by atoms with Gasteiger partial charge in [-0.15, -0.1) is 0 Å². The van der Waals surface area contributed by atoms with Gasteiger partial charge < -0.3 is 19.7 Å². The Hall–Kier alpha value is -3.88. The monoisotopic (exact) mass is 473 g/mol. The Morgan fingerprint density at radius 2 is 1.91 bits per heavy atom. The van der Waals surface area contributed by atoms with Gasteiger partial charge in [0.05, 0.1) is 12.2 Å². The zero-order valence-electron chi connectivity index (χ0n) is 19.4. The minimum absolute atomic E-state index is 0.139. The van der Waals surface area contributed by atoms with E-state index in [1.165, 1.54) is 12.8 Å². The topological polar surface area (TPSA) is 98.6 Å². The minimum Gasteiger partial charge on any atom is -0.485 e. The third-order valence-electron chi connectivity index (χ3n) is 6.73. The van der Waals surface area contributed by atoms with Gasteiger partial charge in [0.15, 0.2) is 17.2 Å². The first-order valence-electron chi connectivity index (χ1n) is 12.1. The third kappa shape index (κ3) is 4.45. The van der Waals surface area contributed by atoms with Crippen molar-refractivity contribution >= 4 is 11.8 Å². The lowest BCUT2D eigenvalue weighted by Gasteiger charge is -2.33. The van der Waals surface area contributed by atoms with E-state index in [0.29, 0.717) is 49.2 Å². The number of rotatable bonds is 6. The quantitative estimate of drug-likeness (QED) is 0.590. The summed E-state index contributed by atoms with van der Waals surface area (Å²) in [7, 11) is 0. The van der Waals surface area contributed by atoms with Gasteiger partial charge in [-0.2, -0.15) is 5.10 Å². The van der Waals surface area contributed by atoms with Crippen LogP contribution in [0, 0.1) is 5.92 Å². The summed E-state index contributed by atoms with van der Waals surface area (Å²) in [6.45, 7) is 2.18. The molecule has 35 heavy (non-hydrogen) atoms. The molecule has 4 heterocycles. The molecule has 0 spiro atoms. The summed E-state index contributed by atoms with van der Waals surface area (Å²) in [5.74, 6) is 1.45. The number of amides is 2. The number of pyridine rings is 1. The predicted molar refractivity (Wildman–Crippen MR) is 126 cm³/mol. The molecule has 9 heteroatoms. The molecular formula is C26H27N5O4. The zero-order valence-corrected chi connectivity index (χ0v) is 19.4. The van der Waals surface area contributed by atoms with Crippen molar-refractivity contribution in [1.29, 1.82) is 0 Å². The van der Waals surface area contributed by atoms with Crippen LogP contribution < -0.4 is 14.8 Å². The van der Waals surface area contributed by atoms with Gasteiger partial charge in [-0.25, -0.2) is 0 Å². The Morgan fingerprint density at radius 3 is 2.71 bits per heavy atom. The molecular weight excluding hydrogens is 446 g/mol. The maximum atomic E-state index is 13.3. The third-order valence-corrected chi connectivity index (χ3v) is 6.73. The molecule has 1 aromatic carbocycles. The highest BCUT2D eigenvalue weighted by atomic mass is 16.6. The second kappa shape index (κ2) is 9.05. The highest BCUT2D eigenvalue weighted by Crippen LogP contribution is 2.34. The molecule has 3 aliphatic rings. The van der Waals surface area contributed by atoms with Crippen LogP contribution in [0.15, 0.2) is 48.7 Å². The molecule has 180 valence electrons. The zero-order chi connectivity index (χ0) is 23.8. The van der Waals surface area contributed by atoms with Crippen LogP contribution in [0.1, 0.15) is 40.3 Å². The number of nitrogens with zero attached hydrogens (tertiary/aromatic N) is 4. The van der Waals surface area contributed by atoms with Gasteiger partial charge >= 0.3 is 0 Å². The molecule has 0 bridgehead atoms. The number of benzene rings is 1. The molecule has 0 unspecified atom stereocenters. The second-order valence-electron chi connectivity index (χ2n) is 9.28. The number of aromatic nitrogens is 3. The Labute approximate surface area is 203 Å². The number of nitrogens with one attached hydrogen (secondary N) is 1. The number of hydrogen-bond donors (Lipinski definition) is 1. The lowest BCUT2D eigenvalue weighted by atomic mass is 10.0. The molecule has 6 rings (SSSR count). The van der Waals surface area contributed by atoms with Crippen LogP contribution in [0.25, 0.3) is 0 Å². The number of fused-ring (bicyclic) bond motifs is 2. The average molecular weight is 474 g/mol. The summed E-state index contributed by atoms with van der Waals surface area (Å²) in [5.41, 5.74) is 3.04. The van der Waals surface area contributed by atoms with Gasteiger partial charge in [0.2, 0.25) is 6.10 Å². The number of carbonyl (C=O) groups is 2. The Morgan fingerprint density at radius 1 is 1.09 bits per heavy atom. The number of carbonyl (C=O) groups excluding carboxylic acids is 2. The molecule has 1 atom stereocenters. The molecule has 0 saturated heterocycles. The molecule has 1 N–H and O–H groups in total. The van der Waals surface area contributed by atoms with Gasteiger partial charge in [0.1, 0.15) is 6.61 Å². The highest BCUT2D eigenvalue weighted by molar-refractivity contribution is 5.94. The molecule has 1 saturated carbocycles. The largest absolute Gasteiger partial charge is 0.485 e. The number of para-hydroxylation sites is 2. The summed E-state index contributed by atoms with van der Waals surface area (Å²) < 4.78 is 13.7. The first kappa shape index (κ1) is 21.6. The maximum Gasteiger partial charge on any atom is 0.272 e. The Bertz CT molecular complexity index is 1250. The van der Waals surface area contributed by atoms with Crippen molar-refractivity contribution in [1.82, 2.24) is 25.0 Å². The molecule has 2 amide bonds. The van der Waals surface area contributed by atoms with Crippen molar-refractivity contribution in [3.8, 4) is 11.5 Å². The highest BCUT2D eigenvalue weighted by Gasteiger charge is 2.36. The number of hydrogen-bond acceptors (Lipinski definition) is 6. The minimum atomic E-state index is -0.714. The summed E-state index contributed by atoms with van der Waals surface area (Å²) in [6.07, 6.45) is 4.03.